The molecule has 9 heavy (non-hydrogen) atoms. The third kappa shape index (κ3) is 2.77. The molecule has 0 spiro atoms. The van der Waals surface area contributed by atoms with Gasteiger partial charge in [0.05, 0.1) is 11.0 Å². The average molecular weight is 146 g/mol. The Morgan fingerprint density at radius 2 is 2.11 bits per heavy atom. The van der Waals surface area contributed by atoms with Crippen LogP contribution in [0.1, 0.15) is 20.3 Å². The smallest absolute Gasteiger partial charge is 0.0900 e. The molecule has 0 unspecified atom stereocenters. The Hall–Kier alpha value is -0.150. The predicted molar refractivity (Wildman–Crippen MR) is 44.2 cm³/mol. The van der Waals surface area contributed by atoms with Crippen molar-refractivity contribution in [1.82, 2.24) is 0 Å². The number of hydrogen-bond donors (Lipinski definition) is 2. The number of rotatable bonds is 3. The quantitative estimate of drug-likeness (QED) is 0.575. The first-order valence-corrected chi connectivity index (χ1v) is 3.55. The molecule has 0 fully saturated rings. The van der Waals surface area contributed by atoms with Crippen molar-refractivity contribution in [3.8, 4) is 0 Å². The standard InChI is InChI=1S/C6H14N2S/c1-3-4(2)5(7)6(8)9/h4-5H,3,7H2,1-2H3,(H2,8,9)/t4-,5+/m1/s1. The van der Waals surface area contributed by atoms with Gasteiger partial charge in [0.2, 0.25) is 0 Å². The molecule has 0 radical (unpaired) electrons. The highest BCUT2D eigenvalue weighted by Crippen LogP contribution is 2.04. The Balaban J connectivity index is 3.72. The normalized spacial score (nSPS) is 16.8. The van der Waals surface area contributed by atoms with Crippen molar-refractivity contribution in [2.75, 3.05) is 0 Å². The van der Waals surface area contributed by atoms with Crippen molar-refractivity contribution in [3.63, 3.8) is 0 Å². The highest BCUT2D eigenvalue weighted by atomic mass is 32.1. The van der Waals surface area contributed by atoms with Crippen LogP contribution >= 0.6 is 12.2 Å². The summed E-state index contributed by atoms with van der Waals surface area (Å²) in [5.74, 6) is 0.405. The molecule has 0 aromatic heterocycles. The highest BCUT2D eigenvalue weighted by molar-refractivity contribution is 7.80. The molecule has 2 atom stereocenters. The molecule has 54 valence electrons. The van der Waals surface area contributed by atoms with E-state index in [1.54, 1.807) is 0 Å². The first kappa shape index (κ1) is 8.85. The molecule has 0 aliphatic rings. The molecule has 4 N–H and O–H groups in total. The second kappa shape index (κ2) is 3.80. The van der Waals surface area contributed by atoms with Gasteiger partial charge < -0.3 is 11.5 Å². The van der Waals surface area contributed by atoms with Crippen LogP contribution in [0.3, 0.4) is 0 Å². The van der Waals surface area contributed by atoms with Crippen LogP contribution < -0.4 is 11.5 Å². The molecule has 0 saturated heterocycles. The number of nitrogens with two attached hydrogens (primary N) is 2. The van der Waals surface area contributed by atoms with Crippen molar-refractivity contribution < 1.29 is 0 Å². The lowest BCUT2D eigenvalue weighted by Crippen LogP contribution is -2.40. The van der Waals surface area contributed by atoms with Crippen LogP contribution in [0.25, 0.3) is 0 Å². The van der Waals surface area contributed by atoms with Crippen molar-refractivity contribution in [2.45, 2.75) is 26.3 Å². The fourth-order valence-corrected chi connectivity index (χ4v) is 0.767. The van der Waals surface area contributed by atoms with Crippen LogP contribution in [0.4, 0.5) is 0 Å². The maximum Gasteiger partial charge on any atom is 0.0900 e. The Morgan fingerprint density at radius 3 is 2.22 bits per heavy atom. The Labute approximate surface area is 61.6 Å². The van der Waals surface area contributed by atoms with Crippen LogP contribution in [0.2, 0.25) is 0 Å². The molecule has 0 aliphatic carbocycles. The summed E-state index contributed by atoms with van der Waals surface area (Å²) in [6.07, 6.45) is 1.03. The Bertz CT molecular complexity index is 103. The molecule has 0 saturated carbocycles. The zero-order chi connectivity index (χ0) is 7.44. The highest BCUT2D eigenvalue weighted by Gasteiger charge is 2.11. The SMILES string of the molecule is CC[C@@H](C)[C@H](N)C(N)=S. The summed E-state index contributed by atoms with van der Waals surface area (Å²) in [6, 6.07) is -0.106. The van der Waals surface area contributed by atoms with E-state index in [4.69, 9.17) is 23.7 Å². The van der Waals surface area contributed by atoms with E-state index < -0.39 is 0 Å². The monoisotopic (exact) mass is 146 g/mol. The van der Waals surface area contributed by atoms with Gasteiger partial charge >= 0.3 is 0 Å². The average Bonchev–Trinajstić information content (AvgIpc) is 1.84. The fourth-order valence-electron chi connectivity index (χ4n) is 0.534. The van der Waals surface area contributed by atoms with Gasteiger partial charge in [-0.1, -0.05) is 32.5 Å². The van der Waals surface area contributed by atoms with Crippen LogP contribution in [0.5, 0.6) is 0 Å². The van der Waals surface area contributed by atoms with Gasteiger partial charge in [-0.3, -0.25) is 0 Å². The van der Waals surface area contributed by atoms with E-state index >= 15 is 0 Å². The molecule has 0 amide bonds. The van der Waals surface area contributed by atoms with Gasteiger partial charge in [-0.25, -0.2) is 0 Å². The van der Waals surface area contributed by atoms with Gasteiger partial charge in [0.1, 0.15) is 0 Å². The second-order valence-corrected chi connectivity index (χ2v) is 2.79. The van der Waals surface area contributed by atoms with Gasteiger partial charge in [-0.2, -0.15) is 0 Å². The zero-order valence-corrected chi connectivity index (χ0v) is 6.74. The molecular weight excluding hydrogens is 132 g/mol. The van der Waals surface area contributed by atoms with E-state index in [1.165, 1.54) is 0 Å². The summed E-state index contributed by atoms with van der Waals surface area (Å²) < 4.78 is 0. The summed E-state index contributed by atoms with van der Waals surface area (Å²) in [5, 5.41) is 0. The van der Waals surface area contributed by atoms with Crippen molar-refractivity contribution in [1.29, 1.82) is 0 Å². The molecule has 0 heterocycles. The van der Waals surface area contributed by atoms with Crippen molar-refractivity contribution in [3.05, 3.63) is 0 Å². The van der Waals surface area contributed by atoms with Gasteiger partial charge in [0.15, 0.2) is 0 Å². The van der Waals surface area contributed by atoms with E-state index in [1.807, 2.05) is 6.92 Å². The molecule has 0 aliphatic heterocycles. The summed E-state index contributed by atoms with van der Waals surface area (Å²) >= 11 is 4.71. The first-order chi connectivity index (χ1) is 4.09. The summed E-state index contributed by atoms with van der Waals surface area (Å²) in [4.78, 5) is 0.421. The number of thiocarbonyl (C=S) groups is 1. The topological polar surface area (TPSA) is 52.0 Å². The van der Waals surface area contributed by atoms with Crippen LogP contribution in [0.15, 0.2) is 0 Å². The zero-order valence-electron chi connectivity index (χ0n) is 5.92. The third-order valence-electron chi connectivity index (χ3n) is 1.59. The molecule has 0 aromatic carbocycles. The van der Waals surface area contributed by atoms with Crippen molar-refractivity contribution >= 4 is 17.2 Å². The lowest BCUT2D eigenvalue weighted by Gasteiger charge is -2.15. The molecular formula is C6H14N2S. The third-order valence-corrected chi connectivity index (χ3v) is 1.86. The molecule has 0 rings (SSSR count). The summed E-state index contributed by atoms with van der Waals surface area (Å²) in [5.41, 5.74) is 10.9. The minimum absolute atomic E-state index is 0.106. The van der Waals surface area contributed by atoms with Gasteiger partial charge in [0.25, 0.3) is 0 Å². The Kier molecular flexibility index (Phi) is 3.73. The van der Waals surface area contributed by atoms with Crippen LogP contribution in [-0.2, 0) is 0 Å². The summed E-state index contributed by atoms with van der Waals surface area (Å²) in [7, 11) is 0. The maximum absolute atomic E-state index is 5.60. The van der Waals surface area contributed by atoms with E-state index in [-0.39, 0.29) is 6.04 Å². The second-order valence-electron chi connectivity index (χ2n) is 2.31. The maximum atomic E-state index is 5.60. The minimum atomic E-state index is -0.106. The van der Waals surface area contributed by atoms with E-state index in [0.29, 0.717) is 10.9 Å². The van der Waals surface area contributed by atoms with Crippen molar-refractivity contribution in [2.24, 2.45) is 17.4 Å². The van der Waals surface area contributed by atoms with E-state index in [2.05, 4.69) is 6.92 Å². The molecule has 2 nitrogen and oxygen atoms in total. The first-order valence-electron chi connectivity index (χ1n) is 3.14. The van der Waals surface area contributed by atoms with Gasteiger partial charge in [0, 0.05) is 0 Å². The van der Waals surface area contributed by atoms with E-state index in [0.717, 1.165) is 6.42 Å². The fraction of sp³-hybridized carbons (Fsp3) is 0.833. The van der Waals surface area contributed by atoms with E-state index in [9.17, 15) is 0 Å². The molecule has 0 bridgehead atoms. The lowest BCUT2D eigenvalue weighted by molar-refractivity contribution is 0.523. The lowest BCUT2D eigenvalue weighted by atomic mass is 10.0. The van der Waals surface area contributed by atoms with Crippen LogP contribution in [-0.4, -0.2) is 11.0 Å². The van der Waals surface area contributed by atoms with Gasteiger partial charge in [-0.05, 0) is 5.92 Å². The Morgan fingerprint density at radius 1 is 1.67 bits per heavy atom. The molecule has 0 aromatic rings. The number of hydrogen-bond acceptors (Lipinski definition) is 2. The minimum Gasteiger partial charge on any atom is -0.392 e. The van der Waals surface area contributed by atoms with Crippen LogP contribution in [0, 0.1) is 5.92 Å². The summed E-state index contributed by atoms with van der Waals surface area (Å²) in [6.45, 7) is 4.12. The molecule has 3 heteroatoms. The predicted octanol–water partition coefficient (Wildman–Crippen LogP) is 0.646. The largest absolute Gasteiger partial charge is 0.392 e. The van der Waals surface area contributed by atoms with Gasteiger partial charge in [-0.15, -0.1) is 0 Å².